The average Bonchev–Trinajstić information content (AvgIpc) is 2.43. The van der Waals surface area contributed by atoms with Crippen molar-refractivity contribution in [3.05, 3.63) is 24.3 Å². The molecule has 116 valence electrons. The molecular formula is C16H24N2O3. The largest absolute Gasteiger partial charge is 0.497 e. The van der Waals surface area contributed by atoms with Gasteiger partial charge in [-0.15, -0.1) is 0 Å². The Kier molecular flexibility index (Phi) is 6.72. The summed E-state index contributed by atoms with van der Waals surface area (Å²) in [5, 5.41) is 2.78. The lowest BCUT2D eigenvalue weighted by atomic mass is 10.1. The molecule has 0 aliphatic heterocycles. The molecule has 0 unspecified atom stereocenters. The van der Waals surface area contributed by atoms with Crippen molar-refractivity contribution in [2.24, 2.45) is 5.92 Å². The minimum absolute atomic E-state index is 0.0775. The molecule has 0 spiro atoms. The Balaban J connectivity index is 2.54. The number of hydrogen-bond donors (Lipinski definition) is 1. The second kappa shape index (κ2) is 8.29. The van der Waals surface area contributed by atoms with Crippen molar-refractivity contribution >= 4 is 17.5 Å². The predicted octanol–water partition coefficient (Wildman–Crippen LogP) is 2.53. The van der Waals surface area contributed by atoms with Crippen molar-refractivity contribution in [2.75, 3.05) is 25.5 Å². The third-order valence-electron chi connectivity index (χ3n) is 3.13. The van der Waals surface area contributed by atoms with Crippen molar-refractivity contribution in [3.8, 4) is 5.75 Å². The average molecular weight is 292 g/mol. The molecule has 0 aliphatic rings. The maximum absolute atomic E-state index is 12.0. The number of nitrogens with zero attached hydrogens (tertiary/aromatic N) is 1. The van der Waals surface area contributed by atoms with Gasteiger partial charge in [0.05, 0.1) is 13.7 Å². The topological polar surface area (TPSA) is 58.6 Å². The summed E-state index contributed by atoms with van der Waals surface area (Å²) in [7, 11) is 1.59. The van der Waals surface area contributed by atoms with Gasteiger partial charge in [0.15, 0.2) is 0 Å². The third-order valence-corrected chi connectivity index (χ3v) is 3.13. The first-order valence-electron chi connectivity index (χ1n) is 7.11. The van der Waals surface area contributed by atoms with Crippen molar-refractivity contribution in [1.29, 1.82) is 0 Å². The normalized spacial score (nSPS) is 10.3. The maximum Gasteiger partial charge on any atom is 0.243 e. The molecule has 1 aromatic rings. The van der Waals surface area contributed by atoms with Gasteiger partial charge >= 0.3 is 0 Å². The van der Waals surface area contributed by atoms with Gasteiger partial charge in [-0.2, -0.15) is 0 Å². The highest BCUT2D eigenvalue weighted by molar-refractivity contribution is 5.94. The van der Waals surface area contributed by atoms with E-state index in [9.17, 15) is 9.59 Å². The minimum Gasteiger partial charge on any atom is -0.497 e. The lowest BCUT2D eigenvalue weighted by Crippen LogP contribution is -2.37. The Morgan fingerprint density at radius 1 is 1.24 bits per heavy atom. The van der Waals surface area contributed by atoms with Gasteiger partial charge in [-0.25, -0.2) is 0 Å². The number of nitrogens with one attached hydrogen (secondary N) is 1. The van der Waals surface area contributed by atoms with Crippen LogP contribution in [0.25, 0.3) is 0 Å². The highest BCUT2D eigenvalue weighted by Gasteiger charge is 2.14. The van der Waals surface area contributed by atoms with Crippen LogP contribution in [0.1, 0.15) is 27.2 Å². The molecule has 5 heteroatoms. The zero-order valence-electron chi connectivity index (χ0n) is 13.2. The van der Waals surface area contributed by atoms with E-state index in [1.165, 1.54) is 6.92 Å². The van der Waals surface area contributed by atoms with E-state index < -0.39 is 0 Å². The number of carbonyl (C=O) groups is 2. The van der Waals surface area contributed by atoms with Crippen LogP contribution in [0.2, 0.25) is 0 Å². The van der Waals surface area contributed by atoms with Gasteiger partial charge in [-0.3, -0.25) is 9.59 Å². The molecule has 1 aromatic carbocycles. The molecule has 1 rings (SSSR count). The van der Waals surface area contributed by atoms with E-state index >= 15 is 0 Å². The molecule has 0 radical (unpaired) electrons. The van der Waals surface area contributed by atoms with Gasteiger partial charge in [-0.05, 0) is 36.6 Å². The van der Waals surface area contributed by atoms with Crippen LogP contribution >= 0.6 is 0 Å². The molecule has 0 aliphatic carbocycles. The molecule has 21 heavy (non-hydrogen) atoms. The third kappa shape index (κ3) is 6.29. The molecule has 2 amide bonds. The lowest BCUT2D eigenvalue weighted by Gasteiger charge is -2.21. The lowest BCUT2D eigenvalue weighted by molar-refractivity contribution is -0.132. The summed E-state index contributed by atoms with van der Waals surface area (Å²) in [6.45, 7) is 6.35. The zero-order chi connectivity index (χ0) is 15.8. The Morgan fingerprint density at radius 2 is 1.86 bits per heavy atom. The molecule has 0 atom stereocenters. The fourth-order valence-corrected chi connectivity index (χ4v) is 1.81. The van der Waals surface area contributed by atoms with Crippen molar-refractivity contribution in [1.82, 2.24) is 4.90 Å². The fraction of sp³-hybridized carbons (Fsp3) is 0.500. The summed E-state index contributed by atoms with van der Waals surface area (Å²) in [5.41, 5.74) is 0.688. The molecule has 1 N–H and O–H groups in total. The predicted molar refractivity (Wildman–Crippen MR) is 83.3 cm³/mol. The van der Waals surface area contributed by atoms with Crippen LogP contribution in [0.15, 0.2) is 24.3 Å². The Labute approximate surface area is 126 Å². The van der Waals surface area contributed by atoms with Gasteiger partial charge in [0.2, 0.25) is 11.8 Å². The molecule has 0 bridgehead atoms. The zero-order valence-corrected chi connectivity index (χ0v) is 13.2. The van der Waals surface area contributed by atoms with Crippen LogP contribution in [0.3, 0.4) is 0 Å². The number of hydrogen-bond acceptors (Lipinski definition) is 3. The second-order valence-electron chi connectivity index (χ2n) is 5.40. The molecule has 0 aromatic heterocycles. The standard InChI is InChI=1S/C16H24N2O3/c1-12(2)9-10-18(13(3)19)11-16(20)17-14-5-7-15(21-4)8-6-14/h5-8,12H,9-11H2,1-4H3,(H,17,20). The summed E-state index contributed by atoms with van der Waals surface area (Å²) in [6.07, 6.45) is 0.884. The summed E-state index contributed by atoms with van der Waals surface area (Å²) < 4.78 is 5.06. The van der Waals surface area contributed by atoms with E-state index in [1.54, 1.807) is 36.3 Å². The van der Waals surface area contributed by atoms with Crippen molar-refractivity contribution in [2.45, 2.75) is 27.2 Å². The molecule has 0 heterocycles. The SMILES string of the molecule is COc1ccc(NC(=O)CN(CCC(C)C)C(C)=O)cc1. The second-order valence-corrected chi connectivity index (χ2v) is 5.40. The van der Waals surface area contributed by atoms with E-state index in [0.717, 1.165) is 12.2 Å². The number of amides is 2. The number of carbonyl (C=O) groups excluding carboxylic acids is 2. The van der Waals surface area contributed by atoms with Crippen LogP contribution in [0.4, 0.5) is 5.69 Å². The Bertz CT molecular complexity index is 469. The number of ether oxygens (including phenoxy) is 1. The van der Waals surface area contributed by atoms with Crippen LogP contribution < -0.4 is 10.1 Å². The van der Waals surface area contributed by atoms with Gasteiger partial charge in [0.25, 0.3) is 0 Å². The molecular weight excluding hydrogens is 268 g/mol. The van der Waals surface area contributed by atoms with Gasteiger partial charge in [0, 0.05) is 19.2 Å². The fourth-order valence-electron chi connectivity index (χ4n) is 1.81. The Morgan fingerprint density at radius 3 is 2.33 bits per heavy atom. The smallest absolute Gasteiger partial charge is 0.243 e. The number of anilines is 1. The van der Waals surface area contributed by atoms with Gasteiger partial charge in [-0.1, -0.05) is 13.8 Å². The molecule has 0 fully saturated rings. The van der Waals surface area contributed by atoms with Crippen molar-refractivity contribution < 1.29 is 14.3 Å². The number of rotatable bonds is 7. The van der Waals surface area contributed by atoms with Gasteiger partial charge < -0.3 is 15.0 Å². The molecule has 0 saturated carbocycles. The van der Waals surface area contributed by atoms with Gasteiger partial charge in [0.1, 0.15) is 5.75 Å². The Hall–Kier alpha value is -2.04. The maximum atomic E-state index is 12.0. The van der Waals surface area contributed by atoms with E-state index in [4.69, 9.17) is 4.74 Å². The van der Waals surface area contributed by atoms with E-state index in [0.29, 0.717) is 18.2 Å². The quantitative estimate of drug-likeness (QED) is 0.840. The monoisotopic (exact) mass is 292 g/mol. The number of methoxy groups -OCH3 is 1. The first-order valence-corrected chi connectivity index (χ1v) is 7.11. The first kappa shape index (κ1) is 17.0. The van der Waals surface area contributed by atoms with E-state index in [2.05, 4.69) is 19.2 Å². The van der Waals surface area contributed by atoms with Crippen molar-refractivity contribution in [3.63, 3.8) is 0 Å². The van der Waals surface area contributed by atoms with Crippen LogP contribution in [-0.4, -0.2) is 36.9 Å². The summed E-state index contributed by atoms with van der Waals surface area (Å²) >= 11 is 0. The summed E-state index contributed by atoms with van der Waals surface area (Å²) in [5.74, 6) is 0.950. The number of benzene rings is 1. The molecule has 0 saturated heterocycles. The minimum atomic E-state index is -0.195. The van der Waals surface area contributed by atoms with Crippen LogP contribution in [0, 0.1) is 5.92 Å². The highest BCUT2D eigenvalue weighted by atomic mass is 16.5. The van der Waals surface area contributed by atoms with E-state index in [1.807, 2.05) is 0 Å². The van der Waals surface area contributed by atoms with E-state index in [-0.39, 0.29) is 18.4 Å². The summed E-state index contributed by atoms with van der Waals surface area (Å²) in [4.78, 5) is 25.1. The van der Waals surface area contributed by atoms with Crippen LogP contribution in [-0.2, 0) is 9.59 Å². The van der Waals surface area contributed by atoms with Crippen LogP contribution in [0.5, 0.6) is 5.75 Å². The highest BCUT2D eigenvalue weighted by Crippen LogP contribution is 2.15. The molecule has 5 nitrogen and oxygen atoms in total. The first-order chi connectivity index (χ1) is 9.92. The summed E-state index contributed by atoms with van der Waals surface area (Å²) in [6, 6.07) is 7.08.